The summed E-state index contributed by atoms with van der Waals surface area (Å²) in [5, 5.41) is 9.23. The van der Waals surface area contributed by atoms with Crippen LogP contribution >= 0.6 is 0 Å². The van der Waals surface area contributed by atoms with Crippen molar-refractivity contribution in [1.29, 1.82) is 0 Å². The van der Waals surface area contributed by atoms with Gasteiger partial charge >= 0.3 is 5.95 Å². The number of fused-ring (bicyclic) bond motifs is 1. The van der Waals surface area contributed by atoms with E-state index in [2.05, 4.69) is 40.8 Å². The Labute approximate surface area is 216 Å². The number of carbonyl (C=O) groups excluding carboxylic acids is 1. The van der Waals surface area contributed by atoms with E-state index in [1.807, 2.05) is 24.3 Å². The number of methoxy groups -OCH3 is 1. The van der Waals surface area contributed by atoms with Gasteiger partial charge in [0.2, 0.25) is 0 Å². The molecule has 2 aromatic heterocycles. The van der Waals surface area contributed by atoms with Gasteiger partial charge in [-0.15, -0.1) is 4.68 Å². The Morgan fingerprint density at radius 2 is 1.70 bits per heavy atom. The van der Waals surface area contributed by atoms with Crippen LogP contribution in [-0.4, -0.2) is 80.2 Å². The first-order chi connectivity index (χ1) is 17.8. The number of rotatable bonds is 6. The average molecular weight is 511 g/mol. The van der Waals surface area contributed by atoms with Gasteiger partial charge in [0.25, 0.3) is 5.65 Å². The normalized spacial score (nSPS) is 16.9. The smallest absolute Gasteiger partial charge is 0.401 e. The second-order valence-corrected chi connectivity index (χ2v) is 10.4. The third-order valence-corrected chi connectivity index (χ3v) is 6.89. The molecule has 2 fully saturated rings. The van der Waals surface area contributed by atoms with Crippen LogP contribution in [0, 0.1) is 0 Å². The van der Waals surface area contributed by atoms with E-state index >= 15 is 0 Å². The molecule has 11 heteroatoms. The third-order valence-electron chi connectivity index (χ3n) is 6.89. The largest absolute Gasteiger partial charge is 0.494 e. The number of morpholine rings is 2. The molecule has 2 N–H and O–H groups in total. The van der Waals surface area contributed by atoms with Crippen LogP contribution in [0.15, 0.2) is 24.3 Å². The second-order valence-electron chi connectivity index (χ2n) is 10.4. The summed E-state index contributed by atoms with van der Waals surface area (Å²) in [4.78, 5) is 18.0. The van der Waals surface area contributed by atoms with Crippen molar-refractivity contribution in [3.05, 3.63) is 35.4 Å². The first-order valence-electron chi connectivity index (χ1n) is 12.7. The number of aromatic nitrogens is 4. The van der Waals surface area contributed by atoms with Crippen molar-refractivity contribution in [3.63, 3.8) is 0 Å². The predicted molar refractivity (Wildman–Crippen MR) is 140 cm³/mol. The van der Waals surface area contributed by atoms with Crippen LogP contribution in [0.25, 0.3) is 5.65 Å². The standard InChI is InChI=1S/C26H35N7O4/c1-26(2,3)19-15-18(16-20(24(19)35-4)30-7-11-36-12-8-30)21(34)17-32-25(27)33-23(28-32)6-5-22(29-33)31-9-13-37-14-10-31/h5-6,15-16,27H,7-14,17H2,1-4H3/p+1. The van der Waals surface area contributed by atoms with E-state index in [0.717, 1.165) is 49.0 Å². The van der Waals surface area contributed by atoms with Gasteiger partial charge in [0.05, 0.1) is 39.2 Å². The number of anilines is 3. The highest BCUT2D eigenvalue weighted by atomic mass is 16.5. The van der Waals surface area contributed by atoms with Gasteiger partial charge in [0.1, 0.15) is 5.75 Å². The van der Waals surface area contributed by atoms with Crippen LogP contribution in [0.3, 0.4) is 0 Å². The Kier molecular flexibility index (Phi) is 6.91. The summed E-state index contributed by atoms with van der Waals surface area (Å²) in [6.45, 7) is 12.0. The van der Waals surface area contributed by atoms with E-state index in [4.69, 9.17) is 19.9 Å². The van der Waals surface area contributed by atoms with Gasteiger partial charge in [-0.25, -0.2) is 0 Å². The highest BCUT2D eigenvalue weighted by Crippen LogP contribution is 2.40. The minimum atomic E-state index is -0.224. The van der Waals surface area contributed by atoms with Gasteiger partial charge in [0, 0.05) is 43.4 Å². The molecule has 0 saturated carbocycles. The molecule has 198 valence electrons. The molecular weight excluding hydrogens is 474 g/mol. The molecular formula is C26H36N7O4+. The maximum absolute atomic E-state index is 13.6. The second kappa shape index (κ2) is 10.1. The lowest BCUT2D eigenvalue weighted by atomic mass is 9.84. The predicted octanol–water partition coefficient (Wildman–Crippen LogP) is 1.46. The fourth-order valence-corrected chi connectivity index (χ4v) is 4.83. The number of ether oxygens (including phenoxy) is 3. The minimum absolute atomic E-state index is 0.000539. The number of benzene rings is 1. The third kappa shape index (κ3) is 5.05. The molecule has 0 radical (unpaired) electrons. The maximum Gasteiger partial charge on any atom is 0.401 e. The van der Waals surface area contributed by atoms with Gasteiger partial charge in [-0.05, 0) is 23.6 Å². The van der Waals surface area contributed by atoms with Gasteiger partial charge < -0.3 is 24.0 Å². The van der Waals surface area contributed by atoms with Crippen LogP contribution < -0.4 is 25.0 Å². The zero-order chi connectivity index (χ0) is 26.2. The highest BCUT2D eigenvalue weighted by Gasteiger charge is 2.28. The van der Waals surface area contributed by atoms with E-state index in [9.17, 15) is 4.79 Å². The van der Waals surface area contributed by atoms with Crippen molar-refractivity contribution in [1.82, 2.24) is 14.7 Å². The van der Waals surface area contributed by atoms with E-state index in [0.29, 0.717) is 43.6 Å². The lowest BCUT2D eigenvalue weighted by Crippen LogP contribution is -2.42. The number of carbonyl (C=O) groups is 1. The molecule has 2 aliphatic heterocycles. The summed E-state index contributed by atoms with van der Waals surface area (Å²) in [6.07, 6.45) is 0. The zero-order valence-corrected chi connectivity index (χ0v) is 22.1. The van der Waals surface area contributed by atoms with E-state index in [1.54, 1.807) is 11.6 Å². The molecule has 2 aliphatic rings. The molecule has 2 saturated heterocycles. The van der Waals surface area contributed by atoms with Gasteiger partial charge in [-0.2, -0.15) is 0 Å². The highest BCUT2D eigenvalue weighted by molar-refractivity contribution is 5.97. The van der Waals surface area contributed by atoms with Crippen LogP contribution in [0.2, 0.25) is 0 Å². The number of nitrogen functional groups attached to an aromatic ring is 1. The molecule has 0 aliphatic carbocycles. The number of nitrogens with zero attached hydrogens (tertiary/aromatic N) is 6. The lowest BCUT2D eigenvalue weighted by Gasteiger charge is -2.33. The number of ketones is 1. The monoisotopic (exact) mass is 510 g/mol. The quantitative estimate of drug-likeness (QED) is 0.389. The number of Topliss-reactive ketones (excluding diaryl/α,β-unsaturated/α-hetero) is 1. The molecule has 5 rings (SSSR count). The molecule has 0 unspecified atom stereocenters. The first kappa shape index (κ1) is 25.2. The number of hydrogen-bond acceptors (Lipinski definition) is 9. The van der Waals surface area contributed by atoms with Crippen LogP contribution in [0.5, 0.6) is 5.75 Å². The number of nitrogens with two attached hydrogens (primary N) is 1. The van der Waals surface area contributed by atoms with Crippen molar-refractivity contribution in [2.45, 2.75) is 32.7 Å². The minimum Gasteiger partial charge on any atom is -0.494 e. The topological polar surface area (TPSA) is 111 Å². The molecule has 11 nitrogen and oxygen atoms in total. The SMILES string of the molecule is COc1c(N2CCOCC2)cc(C(=O)C[n+]2nc3ccc(N4CCOCC4)nn3c2N)cc1C(C)(C)C. The first-order valence-corrected chi connectivity index (χ1v) is 12.7. The summed E-state index contributed by atoms with van der Waals surface area (Å²) in [6, 6.07) is 7.65. The molecule has 0 amide bonds. The van der Waals surface area contributed by atoms with Gasteiger partial charge in [0.15, 0.2) is 18.1 Å². The molecule has 3 aromatic rings. The van der Waals surface area contributed by atoms with Crippen LogP contribution in [0.1, 0.15) is 36.7 Å². The summed E-state index contributed by atoms with van der Waals surface area (Å²) >= 11 is 0. The molecule has 0 spiro atoms. The average Bonchev–Trinajstić information content (AvgIpc) is 3.22. The Morgan fingerprint density at radius 3 is 2.32 bits per heavy atom. The van der Waals surface area contributed by atoms with E-state index < -0.39 is 0 Å². The van der Waals surface area contributed by atoms with Crippen molar-refractivity contribution in [3.8, 4) is 5.75 Å². The lowest BCUT2D eigenvalue weighted by molar-refractivity contribution is -0.723. The Morgan fingerprint density at radius 1 is 1.05 bits per heavy atom. The molecule has 4 heterocycles. The maximum atomic E-state index is 13.6. The van der Waals surface area contributed by atoms with Crippen LogP contribution in [0.4, 0.5) is 17.5 Å². The molecule has 1 aromatic carbocycles. The molecule has 37 heavy (non-hydrogen) atoms. The summed E-state index contributed by atoms with van der Waals surface area (Å²) < 4.78 is 20.0. The summed E-state index contributed by atoms with van der Waals surface area (Å²) in [5.74, 6) is 1.82. The number of hydrogen-bond donors (Lipinski definition) is 1. The van der Waals surface area contributed by atoms with Crippen molar-refractivity contribution >= 4 is 28.9 Å². The fraction of sp³-hybridized carbons (Fsp3) is 0.538. The van der Waals surface area contributed by atoms with Gasteiger partial charge in [-0.1, -0.05) is 35.5 Å². The molecule has 0 atom stereocenters. The fourth-order valence-electron chi connectivity index (χ4n) is 4.83. The van der Waals surface area contributed by atoms with E-state index in [1.165, 1.54) is 4.68 Å². The van der Waals surface area contributed by atoms with Crippen molar-refractivity contribution in [2.75, 3.05) is 75.2 Å². The van der Waals surface area contributed by atoms with Crippen molar-refractivity contribution < 1.29 is 23.7 Å². The summed E-state index contributed by atoms with van der Waals surface area (Å²) in [5.41, 5.74) is 9.26. The van der Waals surface area contributed by atoms with Crippen molar-refractivity contribution in [2.24, 2.45) is 0 Å². The van der Waals surface area contributed by atoms with Gasteiger partial charge in [-0.3, -0.25) is 10.5 Å². The Balaban J connectivity index is 1.48. The Hall–Kier alpha value is -3.44. The summed E-state index contributed by atoms with van der Waals surface area (Å²) in [7, 11) is 1.68. The van der Waals surface area contributed by atoms with E-state index in [-0.39, 0.29) is 17.7 Å². The zero-order valence-electron chi connectivity index (χ0n) is 22.1. The Bertz CT molecular complexity index is 1290. The van der Waals surface area contributed by atoms with Crippen LogP contribution in [-0.2, 0) is 21.4 Å². The molecule has 0 bridgehead atoms.